The molecule has 0 atom stereocenters. The van der Waals surface area contributed by atoms with Crippen molar-refractivity contribution < 1.29 is 4.79 Å². The molecule has 13 heavy (non-hydrogen) atoms. The first kappa shape index (κ1) is 11.5. The lowest BCUT2D eigenvalue weighted by molar-refractivity contribution is 0.0963. The first-order valence-electron chi connectivity index (χ1n) is 4.31. The number of carbonyl (C=O) groups is 1. The zero-order valence-electron chi connectivity index (χ0n) is 8.29. The van der Waals surface area contributed by atoms with Crippen LogP contribution in [0.15, 0.2) is 24.3 Å². The van der Waals surface area contributed by atoms with Crippen molar-refractivity contribution in [3.63, 3.8) is 0 Å². The van der Waals surface area contributed by atoms with Crippen molar-refractivity contribution in [2.45, 2.75) is 13.8 Å². The summed E-state index contributed by atoms with van der Waals surface area (Å²) in [6, 6.07) is 6.85. The minimum absolute atomic E-state index is 0.114. The summed E-state index contributed by atoms with van der Waals surface area (Å²) in [6.45, 7) is 4.00. The van der Waals surface area contributed by atoms with Crippen molar-refractivity contribution in [2.75, 3.05) is 12.8 Å². The second-order valence-corrected chi connectivity index (χ2v) is 2.20. The van der Waals surface area contributed by atoms with Gasteiger partial charge in [-0.1, -0.05) is 19.9 Å². The quantitative estimate of drug-likeness (QED) is 0.646. The average Bonchev–Trinajstić information content (AvgIpc) is 2.20. The van der Waals surface area contributed by atoms with Crippen molar-refractivity contribution in [1.29, 1.82) is 0 Å². The molecule has 72 valence electrons. The molecule has 0 aliphatic rings. The van der Waals surface area contributed by atoms with Gasteiger partial charge in [0.2, 0.25) is 0 Å². The van der Waals surface area contributed by atoms with Gasteiger partial charge in [-0.25, -0.2) is 0 Å². The van der Waals surface area contributed by atoms with Crippen LogP contribution < -0.4 is 11.1 Å². The minimum atomic E-state index is -0.114. The smallest absolute Gasteiger partial charge is 0.251 e. The van der Waals surface area contributed by atoms with E-state index in [0.29, 0.717) is 11.3 Å². The summed E-state index contributed by atoms with van der Waals surface area (Å²) >= 11 is 0. The number of nitrogen functional groups attached to an aromatic ring is 1. The Morgan fingerprint density at radius 1 is 1.38 bits per heavy atom. The largest absolute Gasteiger partial charge is 0.399 e. The number of nitrogens with two attached hydrogens (primary N) is 1. The minimum Gasteiger partial charge on any atom is -0.399 e. The van der Waals surface area contributed by atoms with Gasteiger partial charge in [0.15, 0.2) is 0 Å². The molecule has 1 aromatic carbocycles. The standard InChI is InChI=1S/C8H10N2O.C2H6/c1-10-8(11)6-3-2-4-7(9)5-6;1-2/h2-5H,9H2,1H3,(H,10,11);1-2H3. The van der Waals surface area contributed by atoms with Crippen molar-refractivity contribution in [1.82, 2.24) is 5.32 Å². The molecule has 0 unspecified atom stereocenters. The van der Waals surface area contributed by atoms with E-state index < -0.39 is 0 Å². The van der Waals surface area contributed by atoms with E-state index in [1.807, 2.05) is 13.8 Å². The molecule has 0 saturated heterocycles. The van der Waals surface area contributed by atoms with Gasteiger partial charge in [0.05, 0.1) is 0 Å². The van der Waals surface area contributed by atoms with Crippen LogP contribution in [0.5, 0.6) is 0 Å². The zero-order chi connectivity index (χ0) is 10.3. The molecular weight excluding hydrogens is 164 g/mol. The van der Waals surface area contributed by atoms with Crippen LogP contribution in [0.25, 0.3) is 0 Å². The third kappa shape index (κ3) is 3.60. The van der Waals surface area contributed by atoms with Gasteiger partial charge in [-0.3, -0.25) is 4.79 Å². The molecule has 0 spiro atoms. The van der Waals surface area contributed by atoms with E-state index in [-0.39, 0.29) is 5.91 Å². The van der Waals surface area contributed by atoms with E-state index in [2.05, 4.69) is 5.32 Å². The van der Waals surface area contributed by atoms with Crippen LogP contribution in [-0.4, -0.2) is 13.0 Å². The molecular formula is C10H16N2O. The molecule has 3 nitrogen and oxygen atoms in total. The van der Waals surface area contributed by atoms with Gasteiger partial charge in [-0.2, -0.15) is 0 Å². The Labute approximate surface area is 78.9 Å². The lowest BCUT2D eigenvalue weighted by Gasteiger charge is -1.99. The molecule has 0 saturated carbocycles. The molecule has 1 aromatic rings. The fourth-order valence-electron chi connectivity index (χ4n) is 0.824. The van der Waals surface area contributed by atoms with E-state index in [4.69, 9.17) is 5.73 Å². The average molecular weight is 180 g/mol. The van der Waals surface area contributed by atoms with Gasteiger partial charge >= 0.3 is 0 Å². The highest BCUT2D eigenvalue weighted by Crippen LogP contribution is 2.05. The first-order chi connectivity index (χ1) is 6.24. The Morgan fingerprint density at radius 2 is 2.00 bits per heavy atom. The predicted molar refractivity (Wildman–Crippen MR) is 55.6 cm³/mol. The Bertz CT molecular complexity index is 271. The van der Waals surface area contributed by atoms with E-state index in [0.717, 1.165) is 0 Å². The van der Waals surface area contributed by atoms with Gasteiger partial charge in [0.1, 0.15) is 0 Å². The van der Waals surface area contributed by atoms with E-state index in [9.17, 15) is 4.79 Å². The fourth-order valence-corrected chi connectivity index (χ4v) is 0.824. The van der Waals surface area contributed by atoms with Crippen LogP contribution in [-0.2, 0) is 0 Å². The van der Waals surface area contributed by atoms with Crippen molar-refractivity contribution in [3.8, 4) is 0 Å². The first-order valence-corrected chi connectivity index (χ1v) is 4.31. The maximum absolute atomic E-state index is 11.0. The van der Waals surface area contributed by atoms with Crippen LogP contribution >= 0.6 is 0 Å². The SMILES string of the molecule is CC.CNC(=O)c1cccc(N)c1. The van der Waals surface area contributed by atoms with E-state index >= 15 is 0 Å². The monoisotopic (exact) mass is 180 g/mol. The number of amides is 1. The lowest BCUT2D eigenvalue weighted by Crippen LogP contribution is -2.17. The summed E-state index contributed by atoms with van der Waals surface area (Å²) in [5, 5.41) is 2.51. The van der Waals surface area contributed by atoms with Gasteiger partial charge in [0.25, 0.3) is 5.91 Å². The number of rotatable bonds is 1. The molecule has 1 rings (SSSR count). The maximum atomic E-state index is 11.0. The normalized spacial score (nSPS) is 8.23. The van der Waals surface area contributed by atoms with E-state index in [1.54, 1.807) is 31.3 Å². The number of nitrogens with one attached hydrogen (secondary N) is 1. The number of hydrogen-bond acceptors (Lipinski definition) is 2. The van der Waals surface area contributed by atoms with Crippen molar-refractivity contribution >= 4 is 11.6 Å². The highest BCUT2D eigenvalue weighted by molar-refractivity contribution is 5.94. The van der Waals surface area contributed by atoms with Gasteiger partial charge < -0.3 is 11.1 Å². The van der Waals surface area contributed by atoms with Gasteiger partial charge in [-0.15, -0.1) is 0 Å². The molecule has 0 aliphatic heterocycles. The van der Waals surface area contributed by atoms with Crippen LogP contribution in [0.1, 0.15) is 24.2 Å². The number of benzene rings is 1. The van der Waals surface area contributed by atoms with Crippen LogP contribution in [0.2, 0.25) is 0 Å². The molecule has 3 heteroatoms. The van der Waals surface area contributed by atoms with Crippen molar-refractivity contribution in [2.24, 2.45) is 0 Å². The van der Waals surface area contributed by atoms with Crippen LogP contribution in [0.4, 0.5) is 5.69 Å². The highest BCUT2D eigenvalue weighted by Gasteiger charge is 2.00. The van der Waals surface area contributed by atoms with Crippen LogP contribution in [0, 0.1) is 0 Å². The number of anilines is 1. The summed E-state index contributed by atoms with van der Waals surface area (Å²) in [5.74, 6) is -0.114. The predicted octanol–water partition coefficient (Wildman–Crippen LogP) is 1.65. The second-order valence-electron chi connectivity index (χ2n) is 2.20. The number of hydrogen-bond donors (Lipinski definition) is 2. The number of carbonyl (C=O) groups excluding carboxylic acids is 1. The molecule has 3 N–H and O–H groups in total. The summed E-state index contributed by atoms with van der Waals surface area (Å²) in [5.41, 5.74) is 6.66. The molecule has 1 amide bonds. The molecule has 0 bridgehead atoms. The Kier molecular flexibility index (Phi) is 5.35. The third-order valence-corrected chi connectivity index (χ3v) is 1.38. The molecule has 0 aliphatic carbocycles. The van der Waals surface area contributed by atoms with Crippen molar-refractivity contribution in [3.05, 3.63) is 29.8 Å². The summed E-state index contributed by atoms with van der Waals surface area (Å²) in [7, 11) is 1.59. The molecule has 0 heterocycles. The van der Waals surface area contributed by atoms with Crippen LogP contribution in [0.3, 0.4) is 0 Å². The van der Waals surface area contributed by atoms with E-state index in [1.165, 1.54) is 0 Å². The maximum Gasteiger partial charge on any atom is 0.251 e. The highest BCUT2D eigenvalue weighted by atomic mass is 16.1. The molecule has 0 aromatic heterocycles. The third-order valence-electron chi connectivity index (χ3n) is 1.38. The summed E-state index contributed by atoms with van der Waals surface area (Å²) in [4.78, 5) is 11.0. The zero-order valence-corrected chi connectivity index (χ0v) is 8.29. The van der Waals surface area contributed by atoms with Gasteiger partial charge in [0, 0.05) is 18.3 Å². The second kappa shape index (κ2) is 6.06. The molecule has 0 fully saturated rings. The van der Waals surface area contributed by atoms with Gasteiger partial charge in [-0.05, 0) is 18.2 Å². The Hall–Kier alpha value is -1.51. The Morgan fingerprint density at radius 3 is 2.46 bits per heavy atom. The molecule has 0 radical (unpaired) electrons. The Balaban J connectivity index is 0.000000671. The topological polar surface area (TPSA) is 55.1 Å². The fraction of sp³-hybridized carbons (Fsp3) is 0.300. The summed E-state index contributed by atoms with van der Waals surface area (Å²) < 4.78 is 0. The summed E-state index contributed by atoms with van der Waals surface area (Å²) in [6.07, 6.45) is 0. The lowest BCUT2D eigenvalue weighted by atomic mass is 10.2.